The van der Waals surface area contributed by atoms with E-state index >= 15 is 0 Å². The van der Waals surface area contributed by atoms with Crippen LogP contribution in [0.4, 0.5) is 0 Å². The van der Waals surface area contributed by atoms with Gasteiger partial charge in [0, 0.05) is 13.1 Å². The largest absolute Gasteiger partial charge is 0.461 e. The molecule has 1 saturated heterocycles. The predicted molar refractivity (Wildman–Crippen MR) is 83.2 cm³/mol. The second kappa shape index (κ2) is 6.50. The number of carbonyl (C=O) groups excluding carboxylic acids is 2. The summed E-state index contributed by atoms with van der Waals surface area (Å²) in [6.45, 7) is 4.56. The molecule has 7 heteroatoms. The first-order valence-corrected chi connectivity index (χ1v) is 8.18. The topological polar surface area (TPSA) is 60.8 Å². The number of hydrogen-bond acceptors (Lipinski definition) is 5. The van der Waals surface area contributed by atoms with Crippen molar-refractivity contribution in [1.82, 2.24) is 9.47 Å². The number of amides is 1. The van der Waals surface area contributed by atoms with Gasteiger partial charge in [-0.2, -0.15) is 0 Å². The lowest BCUT2D eigenvalue weighted by Crippen LogP contribution is -2.42. The molecular weight excluding hydrogens is 304 g/mol. The van der Waals surface area contributed by atoms with Crippen molar-refractivity contribution in [3.8, 4) is 0 Å². The zero-order chi connectivity index (χ0) is 15.5. The van der Waals surface area contributed by atoms with E-state index in [-0.39, 0.29) is 18.4 Å². The maximum Gasteiger partial charge on any atom is 0.355 e. The molecule has 3 rings (SSSR count). The summed E-state index contributed by atoms with van der Waals surface area (Å²) >= 11 is 1.55. The Labute approximate surface area is 132 Å². The van der Waals surface area contributed by atoms with Crippen LogP contribution in [0.15, 0.2) is 17.5 Å². The Bertz CT molecular complexity index is 685. The van der Waals surface area contributed by atoms with Gasteiger partial charge in [-0.15, -0.1) is 11.3 Å². The molecular formula is C15H18N2O4S. The molecule has 1 aliphatic rings. The van der Waals surface area contributed by atoms with Crippen molar-refractivity contribution in [3.05, 3.63) is 23.2 Å². The summed E-state index contributed by atoms with van der Waals surface area (Å²) in [7, 11) is 0. The molecule has 2 aromatic rings. The molecule has 0 spiro atoms. The number of ether oxygens (including phenoxy) is 2. The van der Waals surface area contributed by atoms with Gasteiger partial charge in [0.15, 0.2) is 0 Å². The molecule has 0 N–H and O–H groups in total. The van der Waals surface area contributed by atoms with E-state index in [9.17, 15) is 9.59 Å². The highest BCUT2D eigenvalue weighted by molar-refractivity contribution is 7.17. The Balaban J connectivity index is 1.87. The molecule has 0 saturated carbocycles. The fraction of sp³-hybridized carbons (Fsp3) is 0.467. The molecule has 1 aliphatic heterocycles. The van der Waals surface area contributed by atoms with Crippen LogP contribution in [0.1, 0.15) is 17.4 Å². The SMILES string of the molecule is CCOC(=O)c1cc2sccc2n1CC(=O)N1CCOCC1. The molecule has 0 unspecified atom stereocenters. The first-order valence-electron chi connectivity index (χ1n) is 7.30. The second-order valence-corrected chi connectivity index (χ2v) is 5.95. The van der Waals surface area contributed by atoms with Gasteiger partial charge >= 0.3 is 5.97 Å². The van der Waals surface area contributed by atoms with E-state index in [1.165, 1.54) is 0 Å². The van der Waals surface area contributed by atoms with Crippen molar-refractivity contribution >= 4 is 33.4 Å². The minimum absolute atomic E-state index is 0.00227. The summed E-state index contributed by atoms with van der Waals surface area (Å²) in [6, 6.07) is 3.72. The Morgan fingerprint density at radius 3 is 2.86 bits per heavy atom. The van der Waals surface area contributed by atoms with Crippen molar-refractivity contribution in [1.29, 1.82) is 0 Å². The average Bonchev–Trinajstić information content (AvgIpc) is 3.11. The van der Waals surface area contributed by atoms with Gasteiger partial charge in [0.2, 0.25) is 5.91 Å². The van der Waals surface area contributed by atoms with Gasteiger partial charge < -0.3 is 18.9 Å². The number of morpholine rings is 1. The van der Waals surface area contributed by atoms with Gasteiger partial charge in [0.05, 0.1) is 30.0 Å². The van der Waals surface area contributed by atoms with Crippen molar-refractivity contribution in [3.63, 3.8) is 0 Å². The molecule has 1 amide bonds. The third-order valence-corrected chi connectivity index (χ3v) is 4.52. The minimum Gasteiger partial charge on any atom is -0.461 e. The lowest BCUT2D eigenvalue weighted by Gasteiger charge is -2.27. The van der Waals surface area contributed by atoms with E-state index in [1.54, 1.807) is 33.8 Å². The van der Waals surface area contributed by atoms with Crippen LogP contribution in [0.5, 0.6) is 0 Å². The molecule has 0 aliphatic carbocycles. The van der Waals surface area contributed by atoms with Crippen LogP contribution in [0, 0.1) is 0 Å². The first-order chi connectivity index (χ1) is 10.7. The molecule has 0 atom stereocenters. The molecule has 6 nitrogen and oxygen atoms in total. The molecule has 118 valence electrons. The van der Waals surface area contributed by atoms with E-state index < -0.39 is 0 Å². The van der Waals surface area contributed by atoms with Crippen LogP contribution >= 0.6 is 11.3 Å². The maximum absolute atomic E-state index is 12.5. The zero-order valence-corrected chi connectivity index (χ0v) is 13.2. The number of carbonyl (C=O) groups is 2. The summed E-state index contributed by atoms with van der Waals surface area (Å²) in [6.07, 6.45) is 0. The molecule has 1 fully saturated rings. The van der Waals surface area contributed by atoms with E-state index in [4.69, 9.17) is 9.47 Å². The van der Waals surface area contributed by atoms with Crippen LogP contribution < -0.4 is 0 Å². The Morgan fingerprint density at radius 1 is 1.36 bits per heavy atom. The second-order valence-electron chi connectivity index (χ2n) is 5.00. The highest BCUT2D eigenvalue weighted by atomic mass is 32.1. The van der Waals surface area contributed by atoms with Crippen molar-refractivity contribution in [2.45, 2.75) is 13.5 Å². The Hall–Kier alpha value is -1.86. The number of nitrogens with zero attached hydrogens (tertiary/aromatic N) is 2. The highest BCUT2D eigenvalue weighted by Crippen LogP contribution is 2.26. The Kier molecular flexibility index (Phi) is 4.44. The van der Waals surface area contributed by atoms with Crippen LogP contribution in [-0.2, 0) is 20.8 Å². The standard InChI is InChI=1S/C15H18N2O4S/c1-2-21-15(19)12-9-13-11(3-8-22-13)17(12)10-14(18)16-4-6-20-7-5-16/h3,8-9H,2,4-7,10H2,1H3. The lowest BCUT2D eigenvalue weighted by molar-refractivity contribution is -0.135. The smallest absolute Gasteiger partial charge is 0.355 e. The van der Waals surface area contributed by atoms with Gasteiger partial charge in [-0.05, 0) is 24.4 Å². The van der Waals surface area contributed by atoms with Gasteiger partial charge in [-0.3, -0.25) is 4.79 Å². The van der Waals surface area contributed by atoms with Crippen LogP contribution in [0.3, 0.4) is 0 Å². The fourth-order valence-electron chi connectivity index (χ4n) is 2.57. The summed E-state index contributed by atoms with van der Waals surface area (Å²) < 4.78 is 13.1. The zero-order valence-electron chi connectivity index (χ0n) is 12.4. The van der Waals surface area contributed by atoms with E-state index in [2.05, 4.69) is 0 Å². The lowest BCUT2D eigenvalue weighted by atomic mass is 10.3. The molecule has 0 radical (unpaired) electrons. The summed E-state index contributed by atoms with van der Waals surface area (Å²) in [5.41, 5.74) is 1.33. The number of rotatable bonds is 4. The van der Waals surface area contributed by atoms with Crippen molar-refractivity contribution in [2.24, 2.45) is 0 Å². The quantitative estimate of drug-likeness (QED) is 0.805. The van der Waals surface area contributed by atoms with Crippen molar-refractivity contribution < 1.29 is 19.1 Å². The monoisotopic (exact) mass is 322 g/mol. The Morgan fingerprint density at radius 2 is 2.14 bits per heavy atom. The van der Waals surface area contributed by atoms with Gasteiger partial charge in [-0.1, -0.05) is 0 Å². The normalized spacial score (nSPS) is 15.2. The van der Waals surface area contributed by atoms with Gasteiger partial charge in [0.25, 0.3) is 0 Å². The number of hydrogen-bond donors (Lipinski definition) is 0. The summed E-state index contributed by atoms with van der Waals surface area (Å²) in [5.74, 6) is -0.391. The van der Waals surface area contributed by atoms with E-state index in [0.717, 1.165) is 10.2 Å². The number of fused-ring (bicyclic) bond motifs is 1. The number of aromatic nitrogens is 1. The summed E-state index contributed by atoms with van der Waals surface area (Å²) in [5, 5.41) is 1.95. The van der Waals surface area contributed by atoms with Crippen LogP contribution in [0.25, 0.3) is 10.2 Å². The highest BCUT2D eigenvalue weighted by Gasteiger charge is 2.22. The molecule has 0 bridgehead atoms. The summed E-state index contributed by atoms with van der Waals surface area (Å²) in [4.78, 5) is 26.3. The van der Waals surface area contributed by atoms with E-state index in [1.807, 2.05) is 11.4 Å². The van der Waals surface area contributed by atoms with Crippen molar-refractivity contribution in [2.75, 3.05) is 32.9 Å². The first kappa shape index (κ1) is 15.1. The average molecular weight is 322 g/mol. The third-order valence-electron chi connectivity index (χ3n) is 3.66. The third kappa shape index (κ3) is 2.86. The molecule has 22 heavy (non-hydrogen) atoms. The van der Waals surface area contributed by atoms with Crippen LogP contribution in [0.2, 0.25) is 0 Å². The van der Waals surface area contributed by atoms with Gasteiger partial charge in [0.1, 0.15) is 12.2 Å². The number of esters is 1. The maximum atomic E-state index is 12.5. The predicted octanol–water partition coefficient (Wildman–Crippen LogP) is 1.74. The minimum atomic E-state index is -0.388. The molecule has 3 heterocycles. The van der Waals surface area contributed by atoms with E-state index in [0.29, 0.717) is 38.6 Å². The van der Waals surface area contributed by atoms with Gasteiger partial charge in [-0.25, -0.2) is 4.79 Å². The molecule has 0 aromatic carbocycles. The van der Waals surface area contributed by atoms with Crippen LogP contribution in [-0.4, -0.2) is 54.3 Å². The molecule has 2 aromatic heterocycles. The fourth-order valence-corrected chi connectivity index (χ4v) is 3.39. The number of thiophene rings is 1.